The van der Waals surface area contributed by atoms with Crippen molar-refractivity contribution in [2.45, 2.75) is 70.5 Å². The molecule has 2 aliphatic carbocycles. The van der Waals surface area contributed by atoms with Crippen molar-refractivity contribution in [1.29, 1.82) is 0 Å². The van der Waals surface area contributed by atoms with E-state index in [1.807, 2.05) is 0 Å². The van der Waals surface area contributed by atoms with Gasteiger partial charge in [0.2, 0.25) is 5.91 Å². The van der Waals surface area contributed by atoms with Gasteiger partial charge < -0.3 is 24.8 Å². The molecule has 2 aliphatic rings. The second-order valence-electron chi connectivity index (χ2n) is 8.48. The highest BCUT2D eigenvalue weighted by Gasteiger charge is 2.76. The molecule has 6 atom stereocenters. The zero-order chi connectivity index (χ0) is 22.9. The highest BCUT2D eigenvalue weighted by Crippen LogP contribution is 2.60. The minimum absolute atomic E-state index is 0. The number of esters is 2. The number of rotatable bonds is 7. The number of hydrogen-bond acceptors (Lipinski definition) is 7. The Kier molecular flexibility index (Phi) is 6.78. The zero-order valence-corrected chi connectivity index (χ0v) is 17.8. The number of carbonyl (C=O) groups is 4. The number of fused-ring (bicyclic) bond motifs is 1. The highest BCUT2D eigenvalue weighted by atomic mass is 19.1. The van der Waals surface area contributed by atoms with E-state index < -0.39 is 65.2 Å². The number of ether oxygens (including phenoxy) is 3. The first-order valence-electron chi connectivity index (χ1n) is 9.82. The molecule has 30 heavy (non-hydrogen) atoms. The van der Waals surface area contributed by atoms with E-state index in [9.17, 15) is 23.6 Å². The lowest BCUT2D eigenvalue weighted by molar-refractivity contribution is -0.157. The summed E-state index contributed by atoms with van der Waals surface area (Å²) in [5.74, 6) is -3.77. The van der Waals surface area contributed by atoms with Crippen LogP contribution in [0.2, 0.25) is 0 Å². The molecule has 2 amide bonds. The van der Waals surface area contributed by atoms with Crippen LogP contribution >= 0.6 is 0 Å². The Balaban J connectivity index is 0.00000480. The first-order chi connectivity index (χ1) is 13.9. The molecule has 0 aliphatic heterocycles. The van der Waals surface area contributed by atoms with E-state index in [4.69, 9.17) is 14.2 Å². The molecule has 0 bridgehead atoms. The molecule has 2 rings (SSSR count). The van der Waals surface area contributed by atoms with Gasteiger partial charge >= 0.3 is 18.0 Å². The fourth-order valence-corrected chi connectivity index (χ4v) is 3.80. The van der Waals surface area contributed by atoms with Crippen molar-refractivity contribution >= 4 is 23.9 Å². The van der Waals surface area contributed by atoms with Gasteiger partial charge in [-0.15, -0.1) is 0 Å². The number of halogens is 1. The lowest BCUT2D eigenvalue weighted by atomic mass is 9.91. The summed E-state index contributed by atoms with van der Waals surface area (Å²) in [6.07, 6.45) is -2.53. The van der Waals surface area contributed by atoms with E-state index in [0.29, 0.717) is 0 Å². The molecule has 0 saturated heterocycles. The summed E-state index contributed by atoms with van der Waals surface area (Å²) in [4.78, 5) is 48.9. The van der Waals surface area contributed by atoms with Crippen LogP contribution in [0.25, 0.3) is 0 Å². The Hall–Kier alpha value is -2.65. The molecule has 2 N–H and O–H groups in total. The molecule has 2 saturated carbocycles. The molecule has 0 aromatic carbocycles. The van der Waals surface area contributed by atoms with Crippen molar-refractivity contribution in [3.63, 3.8) is 0 Å². The molecular weight excluding hydrogens is 399 g/mol. The normalized spacial score (nSPS) is 30.3. The molecule has 0 unspecified atom stereocenters. The number of amides is 2. The van der Waals surface area contributed by atoms with Gasteiger partial charge in [-0.25, -0.2) is 18.8 Å². The van der Waals surface area contributed by atoms with E-state index in [-0.39, 0.29) is 14.5 Å². The third-order valence-electron chi connectivity index (χ3n) is 5.04. The second kappa shape index (κ2) is 8.61. The lowest BCUT2D eigenvalue weighted by Crippen LogP contribution is -2.61. The summed E-state index contributed by atoms with van der Waals surface area (Å²) >= 11 is 0. The average molecular weight is 430 g/mol. The summed E-state index contributed by atoms with van der Waals surface area (Å²) in [5, 5.41) is 4.92. The standard InChI is InChI=1S/C20H29FN2O7.H2/c1-7-12(24)29-15-13-11(21)9-20(14(13)15,17(26)28-8-2)23-16(25)10(3)22-18(27)30-19(4,5)6;/h7,10-11,13-15H,1,8-9H2,2-6H3,(H,22,27)(H,23,25);1H/t10-,11-,13-,14+,15+,20-;/m1./s1. The number of carbonyl (C=O) groups excluding carboxylic acids is 4. The maximum Gasteiger partial charge on any atom is 0.408 e. The molecule has 2 fully saturated rings. The van der Waals surface area contributed by atoms with E-state index in [1.165, 1.54) is 6.92 Å². The third kappa shape index (κ3) is 4.91. The summed E-state index contributed by atoms with van der Waals surface area (Å²) < 4.78 is 30.0. The van der Waals surface area contributed by atoms with Crippen LogP contribution in [-0.4, -0.2) is 60.0 Å². The average Bonchev–Trinajstić information content (AvgIpc) is 3.24. The van der Waals surface area contributed by atoms with Crippen molar-refractivity contribution in [2.75, 3.05) is 6.61 Å². The van der Waals surface area contributed by atoms with Crippen molar-refractivity contribution in [1.82, 2.24) is 10.6 Å². The van der Waals surface area contributed by atoms with Crippen LogP contribution < -0.4 is 10.6 Å². The number of alkyl carbamates (subject to hydrolysis) is 1. The largest absolute Gasteiger partial charge is 0.464 e. The van der Waals surface area contributed by atoms with Gasteiger partial charge in [0.05, 0.1) is 6.61 Å². The molecule has 9 nitrogen and oxygen atoms in total. The second-order valence-corrected chi connectivity index (χ2v) is 8.48. The Bertz CT molecular complexity index is 742. The summed E-state index contributed by atoms with van der Waals surface area (Å²) in [5.41, 5.74) is -2.46. The van der Waals surface area contributed by atoms with Crippen LogP contribution in [0.4, 0.5) is 9.18 Å². The van der Waals surface area contributed by atoms with Gasteiger partial charge in [0.25, 0.3) is 0 Å². The van der Waals surface area contributed by atoms with Crippen LogP contribution in [-0.2, 0) is 28.6 Å². The predicted octanol–water partition coefficient (Wildman–Crippen LogP) is 1.65. The Labute approximate surface area is 176 Å². The Morgan fingerprint density at radius 1 is 1.33 bits per heavy atom. The summed E-state index contributed by atoms with van der Waals surface area (Å²) in [6.45, 7) is 11.3. The molecule has 10 heteroatoms. The minimum Gasteiger partial charge on any atom is -0.464 e. The summed E-state index contributed by atoms with van der Waals surface area (Å²) in [7, 11) is 0. The first kappa shape index (κ1) is 23.6. The molecule has 0 aromatic rings. The molecule has 170 valence electrons. The van der Waals surface area contributed by atoms with Gasteiger partial charge in [-0.1, -0.05) is 6.58 Å². The lowest BCUT2D eigenvalue weighted by Gasteiger charge is -2.32. The van der Waals surface area contributed by atoms with Crippen LogP contribution in [0.5, 0.6) is 0 Å². The monoisotopic (exact) mass is 430 g/mol. The fraction of sp³-hybridized carbons (Fsp3) is 0.700. The smallest absolute Gasteiger partial charge is 0.408 e. The van der Waals surface area contributed by atoms with Gasteiger partial charge in [0, 0.05) is 25.8 Å². The minimum atomic E-state index is -1.70. The van der Waals surface area contributed by atoms with Gasteiger partial charge in [-0.05, 0) is 34.6 Å². The van der Waals surface area contributed by atoms with Gasteiger partial charge in [-0.2, -0.15) is 0 Å². The van der Waals surface area contributed by atoms with E-state index >= 15 is 0 Å². The first-order valence-corrected chi connectivity index (χ1v) is 9.82. The quantitative estimate of drug-likeness (QED) is 0.358. The van der Waals surface area contributed by atoms with Crippen LogP contribution in [0.3, 0.4) is 0 Å². The third-order valence-corrected chi connectivity index (χ3v) is 5.04. The maximum absolute atomic E-state index is 14.6. The van der Waals surface area contributed by atoms with Crippen molar-refractivity contribution in [3.05, 3.63) is 12.7 Å². The molecule has 0 heterocycles. The highest BCUT2D eigenvalue weighted by molar-refractivity contribution is 5.93. The van der Waals surface area contributed by atoms with E-state index in [1.54, 1.807) is 27.7 Å². The number of alkyl halides is 1. The molecular formula is C20H31FN2O7. The molecule has 0 radical (unpaired) electrons. The predicted molar refractivity (Wildman–Crippen MR) is 105 cm³/mol. The number of hydrogen-bond donors (Lipinski definition) is 2. The SMILES string of the molecule is C=CC(=O)O[C@H]1[C@H]2[C@@H]1[C@@](NC(=O)[C@@H](C)NC(=O)OC(C)(C)C)(C(=O)OCC)C[C@H]2F.[HH]. The topological polar surface area (TPSA) is 120 Å². The fourth-order valence-electron chi connectivity index (χ4n) is 3.80. The Morgan fingerprint density at radius 3 is 2.50 bits per heavy atom. The molecule has 0 spiro atoms. The van der Waals surface area contributed by atoms with Crippen LogP contribution in [0.15, 0.2) is 12.7 Å². The van der Waals surface area contributed by atoms with Crippen molar-refractivity contribution < 1.29 is 39.2 Å². The number of nitrogens with one attached hydrogen (secondary N) is 2. The molecule has 0 aromatic heterocycles. The van der Waals surface area contributed by atoms with E-state index in [2.05, 4.69) is 17.2 Å². The summed E-state index contributed by atoms with van der Waals surface area (Å²) in [6, 6.07) is -1.07. The Morgan fingerprint density at radius 2 is 1.97 bits per heavy atom. The van der Waals surface area contributed by atoms with Gasteiger partial charge in [-0.3, -0.25) is 4.79 Å². The van der Waals surface area contributed by atoms with Crippen molar-refractivity contribution in [2.24, 2.45) is 11.8 Å². The van der Waals surface area contributed by atoms with E-state index in [0.717, 1.165) is 6.08 Å². The van der Waals surface area contributed by atoms with Crippen LogP contribution in [0.1, 0.15) is 42.5 Å². The van der Waals surface area contributed by atoms with Crippen LogP contribution in [0, 0.1) is 11.8 Å². The zero-order valence-electron chi connectivity index (χ0n) is 17.8. The maximum atomic E-state index is 14.6. The van der Waals surface area contributed by atoms with Gasteiger partial charge in [0.1, 0.15) is 29.5 Å². The van der Waals surface area contributed by atoms with Gasteiger partial charge in [0.15, 0.2) is 0 Å². The van der Waals surface area contributed by atoms with Crippen molar-refractivity contribution in [3.8, 4) is 0 Å².